The highest BCUT2D eigenvalue weighted by atomic mass is 35.5. The molecule has 2 aromatic rings. The van der Waals surface area contributed by atoms with E-state index < -0.39 is 5.97 Å². The molecule has 88 valence electrons. The number of halogens is 1. The molecule has 17 heavy (non-hydrogen) atoms. The highest BCUT2D eigenvalue weighted by Gasteiger charge is 2.07. The number of aromatic nitrogens is 1. The van der Waals surface area contributed by atoms with Gasteiger partial charge in [0.05, 0.1) is 5.52 Å². The Morgan fingerprint density at radius 3 is 2.88 bits per heavy atom. The van der Waals surface area contributed by atoms with Crippen LogP contribution in [0.15, 0.2) is 24.3 Å². The van der Waals surface area contributed by atoms with Crippen LogP contribution < -0.4 is 0 Å². The van der Waals surface area contributed by atoms with Crippen LogP contribution in [0.1, 0.15) is 17.7 Å². The van der Waals surface area contributed by atoms with Gasteiger partial charge >= 0.3 is 5.97 Å². The molecule has 0 amide bonds. The van der Waals surface area contributed by atoms with E-state index in [9.17, 15) is 4.79 Å². The van der Waals surface area contributed by atoms with Crippen LogP contribution in [0.2, 0.25) is 5.02 Å². The van der Waals surface area contributed by atoms with Crippen molar-refractivity contribution < 1.29 is 9.90 Å². The number of aliphatic carboxylic acids is 1. The van der Waals surface area contributed by atoms with Crippen molar-refractivity contribution in [2.75, 3.05) is 0 Å². The summed E-state index contributed by atoms with van der Waals surface area (Å²) in [5.74, 6) is -0.814. The van der Waals surface area contributed by atoms with E-state index in [1.165, 1.54) is 0 Å². The van der Waals surface area contributed by atoms with Crippen LogP contribution >= 0.6 is 11.6 Å². The van der Waals surface area contributed by atoms with E-state index >= 15 is 0 Å². The Morgan fingerprint density at radius 1 is 1.41 bits per heavy atom. The van der Waals surface area contributed by atoms with E-state index in [1.54, 1.807) is 6.07 Å². The smallest absolute Gasteiger partial charge is 0.303 e. The van der Waals surface area contributed by atoms with E-state index in [1.807, 2.05) is 25.1 Å². The van der Waals surface area contributed by atoms with Crippen molar-refractivity contribution in [1.29, 1.82) is 0 Å². The van der Waals surface area contributed by atoms with Gasteiger partial charge in [0.1, 0.15) is 0 Å². The highest BCUT2D eigenvalue weighted by molar-refractivity contribution is 6.31. The zero-order chi connectivity index (χ0) is 12.4. The molecule has 0 aliphatic rings. The standard InChI is InChI=1S/C13H12ClNO2/c1-8-2-3-9-6-11(14)7-10(13(9)15-8)4-5-12(16)17/h2-3,6-7H,4-5H2,1H3,(H,16,17). The van der Waals surface area contributed by atoms with Crippen LogP contribution in [0, 0.1) is 6.92 Å². The number of benzene rings is 1. The SMILES string of the molecule is Cc1ccc2cc(Cl)cc(CCC(=O)O)c2n1. The molecule has 0 spiro atoms. The molecule has 0 fully saturated rings. The summed E-state index contributed by atoms with van der Waals surface area (Å²) in [6.07, 6.45) is 0.536. The lowest BCUT2D eigenvalue weighted by Gasteiger charge is -2.06. The second-order valence-electron chi connectivity index (χ2n) is 3.98. The number of pyridine rings is 1. The van der Waals surface area contributed by atoms with Gasteiger partial charge in [-0.2, -0.15) is 0 Å². The molecule has 0 bridgehead atoms. The second kappa shape index (κ2) is 4.72. The van der Waals surface area contributed by atoms with Gasteiger partial charge in [-0.15, -0.1) is 0 Å². The van der Waals surface area contributed by atoms with Gasteiger partial charge in [-0.1, -0.05) is 17.7 Å². The molecule has 1 aromatic carbocycles. The molecule has 3 nitrogen and oxygen atoms in total. The normalized spacial score (nSPS) is 10.7. The lowest BCUT2D eigenvalue weighted by molar-refractivity contribution is -0.136. The Labute approximate surface area is 104 Å². The maximum Gasteiger partial charge on any atom is 0.303 e. The number of carbonyl (C=O) groups is 1. The van der Waals surface area contributed by atoms with Crippen LogP contribution in [0.25, 0.3) is 10.9 Å². The molecule has 1 heterocycles. The molecule has 0 aliphatic heterocycles. The van der Waals surface area contributed by atoms with Crippen molar-refractivity contribution in [3.05, 3.63) is 40.5 Å². The monoisotopic (exact) mass is 249 g/mol. The molecule has 0 atom stereocenters. The molecule has 4 heteroatoms. The summed E-state index contributed by atoms with van der Waals surface area (Å²) < 4.78 is 0. The summed E-state index contributed by atoms with van der Waals surface area (Å²) in [4.78, 5) is 15.1. The minimum absolute atomic E-state index is 0.0884. The number of nitrogens with zero attached hydrogens (tertiary/aromatic N) is 1. The second-order valence-corrected chi connectivity index (χ2v) is 4.42. The lowest BCUT2D eigenvalue weighted by Crippen LogP contribution is -1.99. The zero-order valence-electron chi connectivity index (χ0n) is 9.40. The van der Waals surface area contributed by atoms with Gasteiger partial charge in [0, 0.05) is 22.5 Å². The van der Waals surface area contributed by atoms with Crippen molar-refractivity contribution in [1.82, 2.24) is 4.98 Å². The predicted molar refractivity (Wildman–Crippen MR) is 67.4 cm³/mol. The first-order chi connectivity index (χ1) is 8.06. The van der Waals surface area contributed by atoms with Gasteiger partial charge in [-0.25, -0.2) is 0 Å². The Kier molecular flexibility index (Phi) is 3.29. The maximum atomic E-state index is 10.6. The molecule has 0 aliphatic carbocycles. The van der Waals surface area contributed by atoms with E-state index in [-0.39, 0.29) is 6.42 Å². The highest BCUT2D eigenvalue weighted by Crippen LogP contribution is 2.24. The lowest BCUT2D eigenvalue weighted by atomic mass is 10.0. The van der Waals surface area contributed by atoms with Gasteiger partial charge < -0.3 is 5.11 Å². The van der Waals surface area contributed by atoms with Gasteiger partial charge in [0.2, 0.25) is 0 Å². The average molecular weight is 250 g/mol. The summed E-state index contributed by atoms with van der Waals surface area (Å²) in [6, 6.07) is 7.50. The van der Waals surface area contributed by atoms with Crippen LogP contribution in [0.3, 0.4) is 0 Å². The van der Waals surface area contributed by atoms with E-state index in [0.717, 1.165) is 22.2 Å². The molecule has 1 aromatic heterocycles. The number of fused-ring (bicyclic) bond motifs is 1. The van der Waals surface area contributed by atoms with Crippen molar-refractivity contribution in [2.45, 2.75) is 19.8 Å². The van der Waals surface area contributed by atoms with Gasteiger partial charge in [-0.05, 0) is 37.1 Å². The topological polar surface area (TPSA) is 50.2 Å². The Balaban J connectivity index is 2.51. The Morgan fingerprint density at radius 2 is 2.18 bits per heavy atom. The predicted octanol–water partition coefficient (Wildman–Crippen LogP) is 3.21. The first kappa shape index (κ1) is 11.9. The largest absolute Gasteiger partial charge is 0.481 e. The minimum Gasteiger partial charge on any atom is -0.481 e. The first-order valence-electron chi connectivity index (χ1n) is 5.34. The van der Waals surface area contributed by atoms with Crippen LogP contribution in [-0.4, -0.2) is 16.1 Å². The van der Waals surface area contributed by atoms with Crippen molar-refractivity contribution >= 4 is 28.5 Å². The molecule has 0 saturated carbocycles. The van der Waals surface area contributed by atoms with Gasteiger partial charge in [0.15, 0.2) is 0 Å². The fourth-order valence-corrected chi connectivity index (χ4v) is 2.05. The third kappa shape index (κ3) is 2.74. The quantitative estimate of drug-likeness (QED) is 0.909. The minimum atomic E-state index is -0.814. The Bertz CT molecular complexity index is 581. The average Bonchev–Trinajstić information content (AvgIpc) is 2.26. The molecule has 1 N–H and O–H groups in total. The van der Waals surface area contributed by atoms with Gasteiger partial charge in [0.25, 0.3) is 0 Å². The van der Waals surface area contributed by atoms with E-state index in [0.29, 0.717) is 11.4 Å². The number of rotatable bonds is 3. The van der Waals surface area contributed by atoms with E-state index in [2.05, 4.69) is 4.98 Å². The van der Waals surface area contributed by atoms with E-state index in [4.69, 9.17) is 16.7 Å². The van der Waals surface area contributed by atoms with Crippen molar-refractivity contribution in [2.24, 2.45) is 0 Å². The third-order valence-corrected chi connectivity index (χ3v) is 2.80. The summed E-state index contributed by atoms with van der Waals surface area (Å²) in [5, 5.41) is 10.3. The number of carboxylic acid groups (broad SMARTS) is 1. The molecular formula is C13H12ClNO2. The van der Waals surface area contributed by atoms with Gasteiger partial charge in [-0.3, -0.25) is 9.78 Å². The Hall–Kier alpha value is -1.61. The summed E-state index contributed by atoms with van der Waals surface area (Å²) in [7, 11) is 0. The number of hydrogen-bond donors (Lipinski definition) is 1. The summed E-state index contributed by atoms with van der Waals surface area (Å²) >= 11 is 6.00. The first-order valence-corrected chi connectivity index (χ1v) is 5.71. The fourth-order valence-electron chi connectivity index (χ4n) is 1.80. The maximum absolute atomic E-state index is 10.6. The number of carboxylic acids is 1. The van der Waals surface area contributed by atoms with Crippen molar-refractivity contribution in [3.8, 4) is 0 Å². The fraction of sp³-hybridized carbons (Fsp3) is 0.231. The third-order valence-electron chi connectivity index (χ3n) is 2.58. The van der Waals surface area contributed by atoms with Crippen LogP contribution in [-0.2, 0) is 11.2 Å². The van der Waals surface area contributed by atoms with Crippen molar-refractivity contribution in [3.63, 3.8) is 0 Å². The molecule has 0 radical (unpaired) electrons. The molecular weight excluding hydrogens is 238 g/mol. The summed E-state index contributed by atoms with van der Waals surface area (Å²) in [6.45, 7) is 1.91. The molecule has 0 unspecified atom stereocenters. The molecule has 2 rings (SSSR count). The number of aryl methyl sites for hydroxylation is 2. The molecule has 0 saturated heterocycles. The zero-order valence-corrected chi connectivity index (χ0v) is 10.2. The summed E-state index contributed by atoms with van der Waals surface area (Å²) in [5.41, 5.74) is 2.64. The van der Waals surface area contributed by atoms with Crippen LogP contribution in [0.4, 0.5) is 0 Å². The number of hydrogen-bond acceptors (Lipinski definition) is 2. The van der Waals surface area contributed by atoms with Crippen LogP contribution in [0.5, 0.6) is 0 Å².